The van der Waals surface area contributed by atoms with Gasteiger partial charge in [-0.25, -0.2) is 9.18 Å². The number of ether oxygens (including phenoxy) is 3. The van der Waals surface area contributed by atoms with E-state index in [1.54, 1.807) is 37.4 Å². The number of rotatable bonds is 9. The van der Waals surface area contributed by atoms with Gasteiger partial charge in [-0.15, -0.1) is 0 Å². The zero-order chi connectivity index (χ0) is 22.8. The van der Waals surface area contributed by atoms with E-state index in [-0.39, 0.29) is 19.0 Å². The second kappa shape index (κ2) is 11.4. The van der Waals surface area contributed by atoms with Crippen molar-refractivity contribution in [1.29, 1.82) is 5.26 Å². The monoisotopic (exact) mass is 426 g/mol. The van der Waals surface area contributed by atoms with E-state index >= 15 is 0 Å². The van der Waals surface area contributed by atoms with Crippen LogP contribution in [-0.4, -0.2) is 43.6 Å². The van der Waals surface area contributed by atoms with Gasteiger partial charge in [0.2, 0.25) is 0 Å². The van der Waals surface area contributed by atoms with E-state index in [1.165, 1.54) is 43.2 Å². The smallest absolute Gasteiger partial charge is 0.331 e. The zero-order valence-electron chi connectivity index (χ0n) is 17.5. The molecule has 0 aliphatic carbocycles. The van der Waals surface area contributed by atoms with Gasteiger partial charge in [0, 0.05) is 19.7 Å². The lowest BCUT2D eigenvalue weighted by Crippen LogP contribution is -2.36. The number of carbonyl (C=O) groups excluding carboxylic acids is 2. The van der Waals surface area contributed by atoms with Crippen LogP contribution in [0.5, 0.6) is 11.5 Å². The molecule has 2 rings (SSSR count). The number of hydrogen-bond acceptors (Lipinski definition) is 6. The molecule has 1 unspecified atom stereocenters. The van der Waals surface area contributed by atoms with Crippen molar-refractivity contribution >= 4 is 18.0 Å². The van der Waals surface area contributed by atoms with Crippen LogP contribution in [0, 0.1) is 17.1 Å². The Morgan fingerprint density at radius 2 is 2.00 bits per heavy atom. The molecule has 0 spiro atoms. The Bertz CT molecular complexity index is 1000. The predicted molar refractivity (Wildman–Crippen MR) is 112 cm³/mol. The lowest BCUT2D eigenvalue weighted by Gasteiger charge is -2.21. The Balaban J connectivity index is 1.94. The zero-order valence-corrected chi connectivity index (χ0v) is 17.5. The maximum atomic E-state index is 13.3. The molecular formula is C23H23FN2O5. The summed E-state index contributed by atoms with van der Waals surface area (Å²) in [5.74, 6) is -0.669. The van der Waals surface area contributed by atoms with Gasteiger partial charge in [-0.3, -0.25) is 4.79 Å². The molecule has 8 heteroatoms. The molecule has 0 aliphatic rings. The average Bonchev–Trinajstić information content (AvgIpc) is 2.75. The van der Waals surface area contributed by atoms with Crippen LogP contribution in [0.15, 0.2) is 48.5 Å². The van der Waals surface area contributed by atoms with Gasteiger partial charge in [0.1, 0.15) is 11.9 Å². The van der Waals surface area contributed by atoms with E-state index in [4.69, 9.17) is 19.5 Å². The number of halogens is 1. The molecule has 0 fully saturated rings. The third-order valence-electron chi connectivity index (χ3n) is 4.22. The minimum atomic E-state index is -1.01. The van der Waals surface area contributed by atoms with E-state index in [0.29, 0.717) is 22.6 Å². The molecule has 2 aromatic rings. The van der Waals surface area contributed by atoms with Crippen molar-refractivity contribution in [2.75, 3.05) is 20.8 Å². The van der Waals surface area contributed by atoms with Crippen LogP contribution >= 0.6 is 0 Å². The number of nitrogens with zero attached hydrogens (tertiary/aromatic N) is 2. The summed E-state index contributed by atoms with van der Waals surface area (Å²) in [7, 11) is 3.01. The fourth-order valence-corrected chi connectivity index (χ4v) is 2.74. The minimum absolute atomic E-state index is 0.114. The van der Waals surface area contributed by atoms with Crippen LogP contribution < -0.4 is 9.47 Å². The molecule has 0 radical (unpaired) electrons. The third-order valence-corrected chi connectivity index (χ3v) is 4.22. The predicted octanol–water partition coefficient (Wildman–Crippen LogP) is 3.34. The largest absolute Gasteiger partial charge is 0.493 e. The molecule has 0 N–H and O–H groups in total. The van der Waals surface area contributed by atoms with Gasteiger partial charge < -0.3 is 19.1 Å². The van der Waals surface area contributed by atoms with Gasteiger partial charge >= 0.3 is 5.97 Å². The van der Waals surface area contributed by atoms with Crippen molar-refractivity contribution in [1.82, 2.24) is 4.90 Å². The van der Waals surface area contributed by atoms with Gasteiger partial charge in [-0.2, -0.15) is 5.26 Å². The first-order chi connectivity index (χ1) is 14.8. The maximum absolute atomic E-state index is 13.3. The summed E-state index contributed by atoms with van der Waals surface area (Å²) in [4.78, 5) is 25.9. The molecule has 0 saturated heterocycles. The molecule has 0 bridgehead atoms. The normalized spacial score (nSPS) is 11.5. The minimum Gasteiger partial charge on any atom is -0.493 e. The Morgan fingerprint density at radius 1 is 1.23 bits per heavy atom. The van der Waals surface area contributed by atoms with E-state index < -0.39 is 18.0 Å². The molecule has 0 heterocycles. The quantitative estimate of drug-likeness (QED) is 0.451. The fourth-order valence-electron chi connectivity index (χ4n) is 2.74. The van der Waals surface area contributed by atoms with Gasteiger partial charge in [0.25, 0.3) is 5.91 Å². The van der Waals surface area contributed by atoms with Gasteiger partial charge in [0.15, 0.2) is 24.2 Å². The van der Waals surface area contributed by atoms with Crippen molar-refractivity contribution < 1.29 is 28.2 Å². The van der Waals surface area contributed by atoms with E-state index in [1.807, 2.05) is 6.07 Å². The van der Waals surface area contributed by atoms with Crippen LogP contribution in [-0.2, 0) is 20.9 Å². The summed E-state index contributed by atoms with van der Waals surface area (Å²) in [5, 5.41) is 8.60. The molecule has 7 nitrogen and oxygen atoms in total. The van der Waals surface area contributed by atoms with Crippen molar-refractivity contribution in [3.8, 4) is 17.6 Å². The van der Waals surface area contributed by atoms with E-state index in [9.17, 15) is 14.0 Å². The Kier molecular flexibility index (Phi) is 8.58. The lowest BCUT2D eigenvalue weighted by atomic mass is 10.2. The van der Waals surface area contributed by atoms with Crippen LogP contribution in [0.25, 0.3) is 6.08 Å². The van der Waals surface area contributed by atoms with Gasteiger partial charge in [0.05, 0.1) is 7.11 Å². The maximum Gasteiger partial charge on any atom is 0.331 e. The molecule has 162 valence electrons. The number of likely N-dealkylation sites (N-methyl/N-ethyl adjacent to an activating group) is 1. The van der Waals surface area contributed by atoms with Crippen LogP contribution in [0.2, 0.25) is 0 Å². The van der Waals surface area contributed by atoms with Crippen LogP contribution in [0.4, 0.5) is 4.39 Å². The number of methoxy groups -OCH3 is 1. The topological polar surface area (TPSA) is 88.9 Å². The number of benzene rings is 2. The summed E-state index contributed by atoms with van der Waals surface area (Å²) in [6, 6.07) is 12.7. The first-order valence-corrected chi connectivity index (χ1v) is 9.40. The van der Waals surface area contributed by atoms with Gasteiger partial charge in [-0.1, -0.05) is 18.2 Å². The highest BCUT2D eigenvalue weighted by atomic mass is 19.1. The van der Waals surface area contributed by atoms with E-state index in [0.717, 1.165) is 0 Å². The number of carbonyl (C=O) groups is 2. The summed E-state index contributed by atoms with van der Waals surface area (Å²) in [5.41, 5.74) is 1.27. The standard InChI is InChI=1S/C23H23FN2O5/c1-16(23(28)26(2)15-18-5-4-6-19(24)13-18)31-22(27)10-8-17-7-9-20(30-12-11-25)21(14-17)29-3/h4-10,13-14,16H,12,15H2,1-3H3/b10-8+. The lowest BCUT2D eigenvalue weighted by molar-refractivity contribution is -0.154. The Hall–Kier alpha value is -3.86. The summed E-state index contributed by atoms with van der Waals surface area (Å²) in [6.45, 7) is 1.55. The Labute approximate surface area is 180 Å². The average molecular weight is 426 g/mol. The van der Waals surface area contributed by atoms with Crippen molar-refractivity contribution in [2.24, 2.45) is 0 Å². The molecule has 0 aromatic heterocycles. The molecule has 1 atom stereocenters. The Morgan fingerprint density at radius 3 is 2.68 bits per heavy atom. The highest BCUT2D eigenvalue weighted by Gasteiger charge is 2.21. The van der Waals surface area contributed by atoms with Crippen LogP contribution in [0.3, 0.4) is 0 Å². The molecule has 31 heavy (non-hydrogen) atoms. The number of nitriles is 1. The number of amides is 1. The number of esters is 1. The summed E-state index contributed by atoms with van der Waals surface area (Å²) < 4.78 is 28.9. The first kappa shape index (κ1) is 23.4. The van der Waals surface area contributed by atoms with Crippen LogP contribution in [0.1, 0.15) is 18.1 Å². The van der Waals surface area contributed by atoms with Gasteiger partial charge in [-0.05, 0) is 48.4 Å². The molecule has 0 saturated carbocycles. The SMILES string of the molecule is COc1cc(/C=C/C(=O)OC(C)C(=O)N(C)Cc2cccc(F)c2)ccc1OCC#N. The van der Waals surface area contributed by atoms with E-state index in [2.05, 4.69) is 0 Å². The molecular weight excluding hydrogens is 403 g/mol. The van der Waals surface area contributed by atoms with Crippen molar-refractivity contribution in [3.05, 3.63) is 65.5 Å². The van der Waals surface area contributed by atoms with Crippen molar-refractivity contribution in [2.45, 2.75) is 19.6 Å². The second-order valence-electron chi connectivity index (χ2n) is 6.59. The molecule has 2 aromatic carbocycles. The second-order valence-corrected chi connectivity index (χ2v) is 6.59. The van der Waals surface area contributed by atoms with Crippen molar-refractivity contribution in [3.63, 3.8) is 0 Å². The summed E-state index contributed by atoms with van der Waals surface area (Å²) in [6.07, 6.45) is 1.69. The highest BCUT2D eigenvalue weighted by Crippen LogP contribution is 2.28. The first-order valence-electron chi connectivity index (χ1n) is 9.40. The number of hydrogen-bond donors (Lipinski definition) is 0. The third kappa shape index (κ3) is 7.16. The highest BCUT2D eigenvalue weighted by molar-refractivity contribution is 5.90. The molecule has 1 amide bonds. The fraction of sp³-hybridized carbons (Fsp3) is 0.261. The summed E-state index contributed by atoms with van der Waals surface area (Å²) >= 11 is 0. The molecule has 0 aliphatic heterocycles.